The summed E-state index contributed by atoms with van der Waals surface area (Å²) in [5.41, 5.74) is 5.12. The maximum absolute atomic E-state index is 12.5. The first kappa shape index (κ1) is 20.5. The van der Waals surface area contributed by atoms with E-state index < -0.39 is 0 Å². The van der Waals surface area contributed by atoms with Crippen LogP contribution in [0.15, 0.2) is 65.8 Å². The predicted octanol–water partition coefficient (Wildman–Crippen LogP) is 3.84. The van der Waals surface area contributed by atoms with Crippen LogP contribution in [-0.4, -0.2) is 38.9 Å². The van der Waals surface area contributed by atoms with E-state index in [4.69, 9.17) is 0 Å². The number of benzene rings is 2. The fourth-order valence-corrected chi connectivity index (χ4v) is 3.67. The fourth-order valence-electron chi connectivity index (χ4n) is 3.67. The van der Waals surface area contributed by atoms with Gasteiger partial charge in [0.05, 0.1) is 35.0 Å². The molecule has 1 N–H and O–H groups in total. The smallest absolute Gasteiger partial charge is 0.243 e. The first-order valence-electron chi connectivity index (χ1n) is 10.4. The Bertz CT molecular complexity index is 1120. The highest BCUT2D eigenvalue weighted by atomic mass is 16.2. The SMILES string of the molecule is Cc1nn(-c2ccccc2)c(C)c1NC(=O)CCC(=O)N1CCC(c2ccccc2)=N1. The summed E-state index contributed by atoms with van der Waals surface area (Å²) in [5, 5.41) is 13.4. The van der Waals surface area contributed by atoms with Gasteiger partial charge >= 0.3 is 0 Å². The zero-order chi connectivity index (χ0) is 21.8. The maximum Gasteiger partial charge on any atom is 0.243 e. The molecule has 0 saturated heterocycles. The number of carbonyl (C=O) groups is 2. The van der Waals surface area contributed by atoms with Gasteiger partial charge in [0, 0.05) is 19.3 Å². The lowest BCUT2D eigenvalue weighted by Crippen LogP contribution is -2.25. The molecule has 0 spiro atoms. The van der Waals surface area contributed by atoms with E-state index in [1.165, 1.54) is 5.01 Å². The van der Waals surface area contributed by atoms with Crippen molar-refractivity contribution >= 4 is 23.2 Å². The monoisotopic (exact) mass is 415 g/mol. The number of hydrazone groups is 1. The van der Waals surface area contributed by atoms with Crippen LogP contribution in [0.3, 0.4) is 0 Å². The lowest BCUT2D eigenvalue weighted by atomic mass is 10.1. The molecule has 0 aliphatic carbocycles. The van der Waals surface area contributed by atoms with Gasteiger partial charge in [-0.05, 0) is 31.5 Å². The molecule has 1 aliphatic rings. The van der Waals surface area contributed by atoms with Gasteiger partial charge in [-0.1, -0.05) is 48.5 Å². The number of rotatable bonds is 6. The molecule has 3 aromatic rings. The van der Waals surface area contributed by atoms with Crippen molar-refractivity contribution in [3.8, 4) is 5.69 Å². The molecule has 0 radical (unpaired) electrons. The Morgan fingerprint density at radius 3 is 2.35 bits per heavy atom. The molecule has 2 heterocycles. The zero-order valence-corrected chi connectivity index (χ0v) is 17.7. The van der Waals surface area contributed by atoms with Gasteiger partial charge in [-0.25, -0.2) is 9.69 Å². The van der Waals surface area contributed by atoms with Crippen molar-refractivity contribution in [2.75, 3.05) is 11.9 Å². The maximum atomic E-state index is 12.5. The molecule has 0 saturated carbocycles. The summed E-state index contributed by atoms with van der Waals surface area (Å²) in [6, 6.07) is 19.6. The fraction of sp³-hybridized carbons (Fsp3) is 0.250. The van der Waals surface area contributed by atoms with Crippen LogP contribution < -0.4 is 5.32 Å². The molecule has 31 heavy (non-hydrogen) atoms. The Morgan fingerprint density at radius 1 is 0.968 bits per heavy atom. The van der Waals surface area contributed by atoms with E-state index in [2.05, 4.69) is 15.5 Å². The molecule has 0 unspecified atom stereocenters. The number of nitrogens with zero attached hydrogens (tertiary/aromatic N) is 4. The van der Waals surface area contributed by atoms with Crippen molar-refractivity contribution in [1.29, 1.82) is 0 Å². The molecule has 2 aromatic carbocycles. The van der Waals surface area contributed by atoms with E-state index in [9.17, 15) is 9.59 Å². The number of nitrogens with one attached hydrogen (secondary N) is 1. The van der Waals surface area contributed by atoms with Crippen LogP contribution in [0.2, 0.25) is 0 Å². The summed E-state index contributed by atoms with van der Waals surface area (Å²) < 4.78 is 1.81. The van der Waals surface area contributed by atoms with Crippen molar-refractivity contribution in [2.24, 2.45) is 5.10 Å². The predicted molar refractivity (Wildman–Crippen MR) is 120 cm³/mol. The molecule has 1 aliphatic heterocycles. The highest BCUT2D eigenvalue weighted by Gasteiger charge is 2.22. The summed E-state index contributed by atoms with van der Waals surface area (Å²) in [6.07, 6.45) is 0.933. The molecule has 1 aromatic heterocycles. The summed E-state index contributed by atoms with van der Waals surface area (Å²) in [5.74, 6) is -0.354. The number of para-hydroxylation sites is 1. The van der Waals surface area contributed by atoms with Gasteiger partial charge in [0.2, 0.25) is 11.8 Å². The summed E-state index contributed by atoms with van der Waals surface area (Å²) in [6.45, 7) is 4.32. The van der Waals surface area contributed by atoms with Gasteiger partial charge in [-0.15, -0.1) is 0 Å². The van der Waals surface area contributed by atoms with Gasteiger partial charge in [-0.3, -0.25) is 9.59 Å². The van der Waals surface area contributed by atoms with Crippen molar-refractivity contribution in [3.63, 3.8) is 0 Å². The van der Waals surface area contributed by atoms with E-state index >= 15 is 0 Å². The van der Waals surface area contributed by atoms with Crippen LogP contribution in [0.5, 0.6) is 0 Å². The third-order valence-corrected chi connectivity index (χ3v) is 5.32. The van der Waals surface area contributed by atoms with Crippen LogP contribution in [0, 0.1) is 13.8 Å². The highest BCUT2D eigenvalue weighted by Crippen LogP contribution is 2.23. The number of aryl methyl sites for hydroxylation is 1. The molecule has 0 atom stereocenters. The zero-order valence-electron chi connectivity index (χ0n) is 17.7. The number of hydrogen-bond acceptors (Lipinski definition) is 4. The van der Waals surface area contributed by atoms with Gasteiger partial charge < -0.3 is 5.32 Å². The Hall–Kier alpha value is -3.74. The minimum Gasteiger partial charge on any atom is -0.323 e. The Balaban J connectivity index is 1.35. The first-order valence-corrected chi connectivity index (χ1v) is 10.4. The van der Waals surface area contributed by atoms with Crippen LogP contribution in [0.1, 0.15) is 36.2 Å². The van der Waals surface area contributed by atoms with Crippen LogP contribution in [0.25, 0.3) is 5.69 Å². The van der Waals surface area contributed by atoms with E-state index in [1.807, 2.05) is 74.5 Å². The van der Waals surface area contributed by atoms with Crippen LogP contribution in [-0.2, 0) is 9.59 Å². The van der Waals surface area contributed by atoms with Gasteiger partial charge in [0.1, 0.15) is 0 Å². The quantitative estimate of drug-likeness (QED) is 0.664. The number of hydrogen-bond donors (Lipinski definition) is 1. The normalized spacial score (nSPS) is 13.2. The summed E-state index contributed by atoms with van der Waals surface area (Å²) in [4.78, 5) is 25.0. The number of anilines is 1. The van der Waals surface area contributed by atoms with E-state index in [0.29, 0.717) is 12.2 Å². The van der Waals surface area contributed by atoms with Crippen molar-refractivity contribution in [2.45, 2.75) is 33.1 Å². The Labute approximate surface area is 181 Å². The molecule has 0 fully saturated rings. The average molecular weight is 415 g/mol. The molecule has 0 bridgehead atoms. The van der Waals surface area contributed by atoms with E-state index in [-0.39, 0.29) is 24.7 Å². The topological polar surface area (TPSA) is 79.6 Å². The Kier molecular flexibility index (Phi) is 5.93. The lowest BCUT2D eigenvalue weighted by molar-refractivity contribution is -0.132. The van der Waals surface area contributed by atoms with Gasteiger partial charge in [-0.2, -0.15) is 10.2 Å². The number of aromatic nitrogens is 2. The van der Waals surface area contributed by atoms with Crippen LogP contribution >= 0.6 is 0 Å². The molecule has 2 amide bonds. The lowest BCUT2D eigenvalue weighted by Gasteiger charge is -2.11. The molecular formula is C24H25N5O2. The third-order valence-electron chi connectivity index (χ3n) is 5.32. The third kappa shape index (κ3) is 4.55. The molecule has 7 nitrogen and oxygen atoms in total. The highest BCUT2D eigenvalue weighted by molar-refractivity contribution is 6.02. The van der Waals surface area contributed by atoms with Crippen molar-refractivity contribution < 1.29 is 9.59 Å². The molecule has 158 valence electrons. The first-order chi connectivity index (χ1) is 15.0. The number of carbonyl (C=O) groups excluding carboxylic acids is 2. The average Bonchev–Trinajstić information content (AvgIpc) is 3.40. The van der Waals surface area contributed by atoms with Gasteiger partial charge in [0.25, 0.3) is 0 Å². The van der Waals surface area contributed by atoms with Crippen molar-refractivity contribution in [3.05, 3.63) is 77.6 Å². The second-order valence-corrected chi connectivity index (χ2v) is 7.52. The molecule has 7 heteroatoms. The summed E-state index contributed by atoms with van der Waals surface area (Å²) in [7, 11) is 0. The van der Waals surface area contributed by atoms with Crippen LogP contribution in [0.4, 0.5) is 5.69 Å². The molecule has 4 rings (SSSR count). The summed E-state index contributed by atoms with van der Waals surface area (Å²) >= 11 is 0. The second-order valence-electron chi connectivity index (χ2n) is 7.52. The molecular weight excluding hydrogens is 390 g/mol. The minimum atomic E-state index is -0.210. The standard InChI is InChI=1S/C24H25N5O2/c1-17-24(18(2)29(26-17)20-11-7-4-8-12-20)25-22(30)13-14-23(31)28-16-15-21(27-28)19-9-5-3-6-10-19/h3-12H,13-16H2,1-2H3,(H,25,30). The number of amides is 2. The largest absolute Gasteiger partial charge is 0.323 e. The van der Waals surface area contributed by atoms with Gasteiger partial charge in [0.15, 0.2) is 0 Å². The minimum absolute atomic E-state index is 0.0981. The second kappa shape index (κ2) is 8.95. The Morgan fingerprint density at radius 2 is 1.65 bits per heavy atom. The van der Waals surface area contributed by atoms with Crippen molar-refractivity contribution in [1.82, 2.24) is 14.8 Å². The van der Waals surface area contributed by atoms with E-state index in [0.717, 1.165) is 34.8 Å². The van der Waals surface area contributed by atoms with E-state index in [1.54, 1.807) is 4.68 Å².